The van der Waals surface area contributed by atoms with Crippen LogP contribution in [0, 0.1) is 0 Å². The molecule has 1 aromatic rings. The van der Waals surface area contributed by atoms with Crippen LogP contribution in [0.2, 0.25) is 0 Å². The smallest absolute Gasteiger partial charge is 0.353 e. The lowest BCUT2D eigenvalue weighted by Gasteiger charge is -2.48. The molecule has 0 spiro atoms. The van der Waals surface area contributed by atoms with Crippen molar-refractivity contribution >= 4 is 41.8 Å². The van der Waals surface area contributed by atoms with Crippen LogP contribution in [0.4, 0.5) is 0 Å². The molecule has 3 rings (SSSR count). The highest BCUT2D eigenvalue weighted by Gasteiger charge is 2.53. The first-order chi connectivity index (χ1) is 10.6. The van der Waals surface area contributed by atoms with E-state index in [1.165, 1.54) is 28.4 Å². The van der Waals surface area contributed by atoms with Crippen molar-refractivity contribution in [2.75, 3.05) is 5.75 Å². The quantitative estimate of drug-likeness (QED) is 0.492. The Labute approximate surface area is 133 Å². The number of carboxylic acids is 1. The summed E-state index contributed by atoms with van der Waals surface area (Å²) in [5.41, 5.74) is 0.969. The number of thioether (sulfide) groups is 2. The van der Waals surface area contributed by atoms with Gasteiger partial charge >= 0.3 is 5.97 Å². The molecule has 0 aromatic carbocycles. The van der Waals surface area contributed by atoms with Crippen LogP contribution in [-0.4, -0.2) is 55.7 Å². The predicted molar refractivity (Wildman–Crippen MR) is 80.6 cm³/mol. The minimum absolute atomic E-state index is 0.0196. The summed E-state index contributed by atoms with van der Waals surface area (Å²) in [4.78, 5) is 36.0. The number of aromatic nitrogens is 2. The molecule has 10 heteroatoms. The van der Waals surface area contributed by atoms with Crippen molar-refractivity contribution < 1.29 is 19.5 Å². The van der Waals surface area contributed by atoms with Crippen LogP contribution >= 0.6 is 23.5 Å². The second kappa shape index (κ2) is 6.05. The number of nitrogens with zero attached hydrogens (tertiary/aromatic N) is 2. The maximum Gasteiger partial charge on any atom is 0.353 e. The molecule has 1 fully saturated rings. The van der Waals surface area contributed by atoms with Gasteiger partial charge in [0.15, 0.2) is 0 Å². The van der Waals surface area contributed by atoms with Crippen LogP contribution in [-0.2, 0) is 20.1 Å². The standard InChI is InChI=1S/C12H12N4O4S2/c17-5-13-8-10(18)16-9(12(19)20)7(4-22-11(8)16)21-3-6-1-14-15-2-6/h1-2,5,8,11H,3-4H2,(H,13,17)(H,14,15)(H,19,20)/t8-,11-/m1/s1. The number of carbonyl (C=O) groups is 3. The number of carbonyl (C=O) groups excluding carboxylic acids is 2. The van der Waals surface area contributed by atoms with Gasteiger partial charge in [-0.2, -0.15) is 5.10 Å². The van der Waals surface area contributed by atoms with Crippen LogP contribution in [0.3, 0.4) is 0 Å². The summed E-state index contributed by atoms with van der Waals surface area (Å²) in [6.07, 6.45) is 3.88. The van der Waals surface area contributed by atoms with Crippen LogP contribution in [0.15, 0.2) is 23.0 Å². The predicted octanol–water partition coefficient (Wildman–Crippen LogP) is -0.0312. The van der Waals surface area contributed by atoms with E-state index < -0.39 is 12.0 Å². The summed E-state index contributed by atoms with van der Waals surface area (Å²) in [6, 6.07) is -0.641. The maximum atomic E-state index is 12.0. The summed E-state index contributed by atoms with van der Waals surface area (Å²) in [7, 11) is 0. The number of amides is 2. The molecule has 3 heterocycles. The molecule has 2 aliphatic rings. The zero-order chi connectivity index (χ0) is 15.7. The third kappa shape index (κ3) is 2.48. The molecule has 0 aliphatic carbocycles. The fourth-order valence-corrected chi connectivity index (χ4v) is 4.89. The van der Waals surface area contributed by atoms with Crippen molar-refractivity contribution in [1.29, 1.82) is 0 Å². The SMILES string of the molecule is O=CN[C@@H]1C(=O)N2C(C(=O)O)=C(SCc3cn[nH]c3)CS[C@H]12. The Morgan fingerprint density at radius 2 is 2.50 bits per heavy atom. The van der Waals surface area contributed by atoms with Gasteiger partial charge in [0, 0.05) is 28.2 Å². The molecule has 22 heavy (non-hydrogen) atoms. The zero-order valence-corrected chi connectivity index (χ0v) is 12.8. The van der Waals surface area contributed by atoms with Gasteiger partial charge in [-0.15, -0.1) is 23.5 Å². The molecule has 2 atom stereocenters. The number of β-lactam (4-membered cyclic amide) rings is 1. The Bertz CT molecular complexity index is 646. The number of fused-ring (bicyclic) bond motifs is 1. The van der Waals surface area contributed by atoms with Gasteiger partial charge in [0.2, 0.25) is 6.41 Å². The largest absolute Gasteiger partial charge is 0.477 e. The van der Waals surface area contributed by atoms with Gasteiger partial charge in [-0.05, 0) is 0 Å². The van der Waals surface area contributed by atoms with Gasteiger partial charge in [-0.3, -0.25) is 19.6 Å². The number of hydrogen-bond donors (Lipinski definition) is 3. The first kappa shape index (κ1) is 15.0. The number of H-pyrrole nitrogens is 1. The molecule has 0 bridgehead atoms. The van der Waals surface area contributed by atoms with Crippen LogP contribution in [0.25, 0.3) is 0 Å². The Morgan fingerprint density at radius 1 is 1.68 bits per heavy atom. The monoisotopic (exact) mass is 340 g/mol. The Morgan fingerprint density at radius 3 is 3.14 bits per heavy atom. The fourth-order valence-electron chi connectivity index (χ4n) is 2.32. The lowest BCUT2D eigenvalue weighted by Crippen LogP contribution is -2.69. The van der Waals surface area contributed by atoms with Crippen LogP contribution < -0.4 is 5.32 Å². The van der Waals surface area contributed by atoms with Gasteiger partial charge < -0.3 is 10.4 Å². The molecule has 3 N–H and O–H groups in total. The maximum absolute atomic E-state index is 12.0. The summed E-state index contributed by atoms with van der Waals surface area (Å²) >= 11 is 2.83. The number of nitrogens with one attached hydrogen (secondary N) is 2. The number of carboxylic acid groups (broad SMARTS) is 1. The van der Waals surface area contributed by atoms with Gasteiger partial charge in [0.1, 0.15) is 17.1 Å². The van der Waals surface area contributed by atoms with E-state index in [0.717, 1.165) is 5.56 Å². The molecule has 1 aromatic heterocycles. The van der Waals surface area contributed by atoms with E-state index in [4.69, 9.17) is 0 Å². The van der Waals surface area contributed by atoms with E-state index in [1.807, 2.05) is 0 Å². The number of aliphatic carboxylic acids is 1. The third-order valence-electron chi connectivity index (χ3n) is 3.35. The van der Waals surface area contributed by atoms with E-state index >= 15 is 0 Å². The normalized spacial score (nSPS) is 23.8. The Kier molecular flexibility index (Phi) is 4.12. The van der Waals surface area contributed by atoms with E-state index in [1.54, 1.807) is 12.4 Å². The Balaban J connectivity index is 1.80. The minimum atomic E-state index is -1.13. The molecule has 8 nitrogen and oxygen atoms in total. The molecule has 116 valence electrons. The first-order valence-electron chi connectivity index (χ1n) is 6.34. The van der Waals surface area contributed by atoms with Gasteiger partial charge in [0.25, 0.3) is 5.91 Å². The van der Waals surface area contributed by atoms with Gasteiger partial charge in [0.05, 0.1) is 6.20 Å². The Hall–Kier alpha value is -1.94. The van der Waals surface area contributed by atoms with Gasteiger partial charge in [-0.25, -0.2) is 4.79 Å². The molecule has 0 unspecified atom stereocenters. The van der Waals surface area contributed by atoms with E-state index in [2.05, 4.69) is 15.5 Å². The fraction of sp³-hybridized carbons (Fsp3) is 0.333. The van der Waals surface area contributed by atoms with Crippen LogP contribution in [0.5, 0.6) is 0 Å². The van der Waals surface area contributed by atoms with Crippen LogP contribution in [0.1, 0.15) is 5.56 Å². The average molecular weight is 340 g/mol. The highest BCUT2D eigenvalue weighted by atomic mass is 32.2. The number of aromatic amines is 1. The van der Waals surface area contributed by atoms with Crippen molar-refractivity contribution in [1.82, 2.24) is 20.4 Å². The summed E-state index contributed by atoms with van der Waals surface area (Å²) in [5, 5.41) is 18.1. The molecule has 2 aliphatic heterocycles. The van der Waals surface area contributed by atoms with E-state index in [9.17, 15) is 19.5 Å². The highest BCUT2D eigenvalue weighted by Crippen LogP contribution is 2.43. The highest BCUT2D eigenvalue weighted by molar-refractivity contribution is 8.05. The van der Waals surface area contributed by atoms with E-state index in [0.29, 0.717) is 22.8 Å². The number of hydrogen-bond acceptors (Lipinski definition) is 6. The summed E-state index contributed by atoms with van der Waals surface area (Å²) < 4.78 is 0. The van der Waals surface area contributed by atoms with Crippen molar-refractivity contribution in [2.45, 2.75) is 17.2 Å². The second-order valence-electron chi connectivity index (χ2n) is 4.64. The zero-order valence-electron chi connectivity index (χ0n) is 11.2. The average Bonchev–Trinajstić information content (AvgIpc) is 3.02. The molecule has 1 saturated heterocycles. The molecule has 2 amide bonds. The topological polar surface area (TPSA) is 115 Å². The molecule has 0 radical (unpaired) electrons. The molecule has 0 saturated carbocycles. The number of rotatable bonds is 6. The van der Waals surface area contributed by atoms with Crippen molar-refractivity contribution in [3.8, 4) is 0 Å². The third-order valence-corrected chi connectivity index (χ3v) is 5.98. The second-order valence-corrected chi connectivity index (χ2v) is 6.82. The molecular weight excluding hydrogens is 328 g/mol. The van der Waals surface area contributed by atoms with Crippen molar-refractivity contribution in [3.63, 3.8) is 0 Å². The van der Waals surface area contributed by atoms with Gasteiger partial charge in [-0.1, -0.05) is 0 Å². The first-order valence-corrected chi connectivity index (χ1v) is 8.38. The summed E-state index contributed by atoms with van der Waals surface area (Å²) in [6.45, 7) is 0. The lowest BCUT2D eigenvalue weighted by molar-refractivity contribution is -0.149. The summed E-state index contributed by atoms with van der Waals surface area (Å²) in [5.74, 6) is -0.442. The lowest BCUT2D eigenvalue weighted by atomic mass is 10.1. The van der Waals surface area contributed by atoms with Crippen molar-refractivity contribution in [3.05, 3.63) is 28.6 Å². The van der Waals surface area contributed by atoms with Crippen molar-refractivity contribution in [2.24, 2.45) is 0 Å². The minimum Gasteiger partial charge on any atom is -0.477 e. The molecular formula is C12H12N4O4S2. The van der Waals surface area contributed by atoms with E-state index in [-0.39, 0.29) is 17.0 Å².